The molecule has 1 amide bonds. The molecule has 3 N–H and O–H groups in total. The predicted molar refractivity (Wildman–Crippen MR) is 67.4 cm³/mol. The number of aromatic nitrogens is 1. The number of nitrogens with one attached hydrogen (secondary N) is 1. The van der Waals surface area contributed by atoms with E-state index in [9.17, 15) is 9.18 Å². The second-order valence-electron chi connectivity index (χ2n) is 3.95. The lowest BCUT2D eigenvalue weighted by molar-refractivity contribution is -0.116. The Bertz CT molecular complexity index is 533. The number of halogens is 1. The SMILES string of the molecule is NCc1ccn(CC(=O)Nc2ccc(F)cc2)c1. The van der Waals surface area contributed by atoms with Crippen LogP contribution in [0.15, 0.2) is 42.7 Å². The topological polar surface area (TPSA) is 60.0 Å². The fourth-order valence-electron chi connectivity index (χ4n) is 1.61. The molecule has 0 spiro atoms. The second-order valence-corrected chi connectivity index (χ2v) is 3.95. The van der Waals surface area contributed by atoms with Gasteiger partial charge in [-0.05, 0) is 35.9 Å². The Morgan fingerprint density at radius 2 is 2.00 bits per heavy atom. The highest BCUT2D eigenvalue weighted by Gasteiger charge is 2.04. The first kappa shape index (κ1) is 12.3. The molecular weight excluding hydrogens is 233 g/mol. The van der Waals surface area contributed by atoms with Crippen molar-refractivity contribution in [2.75, 3.05) is 5.32 Å². The number of hydrogen-bond acceptors (Lipinski definition) is 2. The van der Waals surface area contributed by atoms with Crippen LogP contribution in [0.2, 0.25) is 0 Å². The number of nitrogens with zero attached hydrogens (tertiary/aromatic N) is 1. The summed E-state index contributed by atoms with van der Waals surface area (Å²) in [4.78, 5) is 11.7. The van der Waals surface area contributed by atoms with Crippen LogP contribution < -0.4 is 11.1 Å². The molecule has 0 aliphatic rings. The Balaban J connectivity index is 1.94. The predicted octanol–water partition coefficient (Wildman–Crippen LogP) is 1.72. The summed E-state index contributed by atoms with van der Waals surface area (Å²) in [6.07, 6.45) is 3.62. The minimum Gasteiger partial charge on any atom is -0.345 e. The molecule has 1 aromatic carbocycles. The van der Waals surface area contributed by atoms with Crippen molar-refractivity contribution in [3.05, 3.63) is 54.1 Å². The summed E-state index contributed by atoms with van der Waals surface area (Å²) in [5.74, 6) is -0.494. The molecule has 0 fully saturated rings. The number of benzene rings is 1. The molecule has 0 aliphatic carbocycles. The Hall–Kier alpha value is -2.14. The van der Waals surface area contributed by atoms with Crippen molar-refractivity contribution in [1.29, 1.82) is 0 Å². The summed E-state index contributed by atoms with van der Waals surface area (Å²) < 4.78 is 14.4. The highest BCUT2D eigenvalue weighted by atomic mass is 19.1. The molecule has 0 atom stereocenters. The summed E-state index contributed by atoms with van der Waals surface area (Å²) in [5.41, 5.74) is 7.04. The molecule has 0 radical (unpaired) electrons. The van der Waals surface area contributed by atoms with Crippen LogP contribution in [-0.4, -0.2) is 10.5 Å². The normalized spacial score (nSPS) is 10.3. The molecule has 0 bridgehead atoms. The number of carbonyl (C=O) groups is 1. The second kappa shape index (κ2) is 5.46. The molecule has 0 saturated carbocycles. The standard InChI is InChI=1S/C13H14FN3O/c14-11-1-3-12(4-2-11)16-13(18)9-17-6-5-10(7-15)8-17/h1-6,8H,7,9,15H2,(H,16,18). The average Bonchev–Trinajstić information content (AvgIpc) is 2.79. The van der Waals surface area contributed by atoms with Crippen molar-refractivity contribution in [2.45, 2.75) is 13.1 Å². The first-order chi connectivity index (χ1) is 8.67. The minimum absolute atomic E-state index is 0.166. The van der Waals surface area contributed by atoms with Crippen LogP contribution in [0, 0.1) is 5.82 Å². The fraction of sp³-hybridized carbons (Fsp3) is 0.154. The van der Waals surface area contributed by atoms with Gasteiger partial charge in [0, 0.05) is 24.6 Å². The lowest BCUT2D eigenvalue weighted by Crippen LogP contribution is -2.17. The van der Waals surface area contributed by atoms with Gasteiger partial charge in [0.15, 0.2) is 0 Å². The van der Waals surface area contributed by atoms with Crippen molar-refractivity contribution in [2.24, 2.45) is 5.73 Å². The number of anilines is 1. The highest BCUT2D eigenvalue weighted by Crippen LogP contribution is 2.08. The monoisotopic (exact) mass is 247 g/mol. The Morgan fingerprint density at radius 3 is 2.61 bits per heavy atom. The molecule has 0 aliphatic heterocycles. The molecule has 18 heavy (non-hydrogen) atoms. The van der Waals surface area contributed by atoms with Crippen LogP contribution in [0.5, 0.6) is 0 Å². The van der Waals surface area contributed by atoms with Gasteiger partial charge in [0.05, 0.1) is 0 Å². The van der Waals surface area contributed by atoms with Gasteiger partial charge in [0.2, 0.25) is 5.91 Å². The first-order valence-corrected chi connectivity index (χ1v) is 5.57. The van der Waals surface area contributed by atoms with Crippen LogP contribution >= 0.6 is 0 Å². The Labute approximate surface area is 104 Å². The Morgan fingerprint density at radius 1 is 1.28 bits per heavy atom. The zero-order chi connectivity index (χ0) is 13.0. The maximum Gasteiger partial charge on any atom is 0.244 e. The summed E-state index contributed by atoms with van der Waals surface area (Å²) >= 11 is 0. The number of amides is 1. The van der Waals surface area contributed by atoms with E-state index in [2.05, 4.69) is 5.32 Å². The van der Waals surface area contributed by atoms with E-state index in [0.717, 1.165) is 5.56 Å². The van der Waals surface area contributed by atoms with E-state index in [1.807, 2.05) is 12.3 Å². The van der Waals surface area contributed by atoms with Gasteiger partial charge in [-0.1, -0.05) is 0 Å². The van der Waals surface area contributed by atoms with Crippen LogP contribution in [0.25, 0.3) is 0 Å². The lowest BCUT2D eigenvalue weighted by Gasteiger charge is -2.05. The zero-order valence-electron chi connectivity index (χ0n) is 9.77. The zero-order valence-corrected chi connectivity index (χ0v) is 9.77. The van der Waals surface area contributed by atoms with Crippen molar-refractivity contribution < 1.29 is 9.18 Å². The van der Waals surface area contributed by atoms with Crippen LogP contribution in [0.4, 0.5) is 10.1 Å². The quantitative estimate of drug-likeness (QED) is 0.864. The summed E-state index contributed by atoms with van der Waals surface area (Å²) in [6, 6.07) is 7.52. The van der Waals surface area contributed by atoms with Crippen molar-refractivity contribution in [3.63, 3.8) is 0 Å². The summed E-state index contributed by atoms with van der Waals surface area (Å²) in [6.45, 7) is 0.657. The maximum absolute atomic E-state index is 12.7. The summed E-state index contributed by atoms with van der Waals surface area (Å²) in [5, 5.41) is 2.69. The van der Waals surface area contributed by atoms with Crippen molar-refractivity contribution >= 4 is 11.6 Å². The van der Waals surface area contributed by atoms with E-state index in [1.54, 1.807) is 10.8 Å². The van der Waals surface area contributed by atoms with Crippen LogP contribution in [-0.2, 0) is 17.9 Å². The van der Waals surface area contributed by atoms with Gasteiger partial charge in [-0.2, -0.15) is 0 Å². The third-order valence-corrected chi connectivity index (χ3v) is 2.50. The fourth-order valence-corrected chi connectivity index (χ4v) is 1.61. The third kappa shape index (κ3) is 3.18. The molecule has 1 aromatic heterocycles. The van der Waals surface area contributed by atoms with Gasteiger partial charge >= 0.3 is 0 Å². The Kier molecular flexibility index (Phi) is 3.74. The number of rotatable bonds is 4. The van der Waals surface area contributed by atoms with E-state index in [4.69, 9.17) is 5.73 Å². The van der Waals surface area contributed by atoms with Crippen molar-refractivity contribution in [3.8, 4) is 0 Å². The largest absolute Gasteiger partial charge is 0.345 e. The first-order valence-electron chi connectivity index (χ1n) is 5.57. The van der Waals surface area contributed by atoms with E-state index in [-0.39, 0.29) is 18.3 Å². The molecular formula is C13H14FN3O. The molecule has 0 saturated heterocycles. The average molecular weight is 247 g/mol. The highest BCUT2D eigenvalue weighted by molar-refractivity contribution is 5.90. The number of nitrogens with two attached hydrogens (primary N) is 1. The number of hydrogen-bond donors (Lipinski definition) is 2. The van der Waals surface area contributed by atoms with Gasteiger partial charge in [0.25, 0.3) is 0 Å². The van der Waals surface area contributed by atoms with Crippen LogP contribution in [0.3, 0.4) is 0 Å². The third-order valence-electron chi connectivity index (χ3n) is 2.50. The van der Waals surface area contributed by atoms with Gasteiger partial charge in [-0.3, -0.25) is 4.79 Å². The van der Waals surface area contributed by atoms with E-state index in [1.165, 1.54) is 24.3 Å². The molecule has 2 rings (SSSR count). The minimum atomic E-state index is -0.328. The van der Waals surface area contributed by atoms with E-state index in [0.29, 0.717) is 12.2 Å². The lowest BCUT2D eigenvalue weighted by atomic mass is 10.3. The van der Waals surface area contributed by atoms with E-state index < -0.39 is 0 Å². The smallest absolute Gasteiger partial charge is 0.244 e. The molecule has 1 heterocycles. The van der Waals surface area contributed by atoms with Crippen molar-refractivity contribution in [1.82, 2.24) is 4.57 Å². The maximum atomic E-state index is 12.7. The van der Waals surface area contributed by atoms with E-state index >= 15 is 0 Å². The number of carbonyl (C=O) groups excluding carboxylic acids is 1. The van der Waals surface area contributed by atoms with Gasteiger partial charge in [-0.15, -0.1) is 0 Å². The molecule has 5 heteroatoms. The summed E-state index contributed by atoms with van der Waals surface area (Å²) in [7, 11) is 0. The molecule has 0 unspecified atom stereocenters. The van der Waals surface area contributed by atoms with Gasteiger partial charge in [-0.25, -0.2) is 4.39 Å². The van der Waals surface area contributed by atoms with Gasteiger partial charge in [0.1, 0.15) is 12.4 Å². The molecule has 2 aromatic rings. The molecule has 4 nitrogen and oxygen atoms in total. The van der Waals surface area contributed by atoms with Gasteiger partial charge < -0.3 is 15.6 Å². The van der Waals surface area contributed by atoms with Crippen LogP contribution in [0.1, 0.15) is 5.56 Å². The molecule has 94 valence electrons.